The van der Waals surface area contributed by atoms with Gasteiger partial charge in [0.1, 0.15) is 5.52 Å². The number of nitrogens with one attached hydrogen (secondary N) is 1. The summed E-state index contributed by atoms with van der Waals surface area (Å²) in [5, 5.41) is 7.50. The molecule has 0 aliphatic heterocycles. The fourth-order valence-electron chi connectivity index (χ4n) is 2.62. The Morgan fingerprint density at radius 1 is 1.26 bits per heavy atom. The van der Waals surface area contributed by atoms with Gasteiger partial charge in [-0.25, -0.2) is 9.50 Å². The molecule has 2 heterocycles. The van der Waals surface area contributed by atoms with Crippen molar-refractivity contribution < 1.29 is 4.74 Å². The minimum Gasteiger partial charge on any atom is -0.376 e. The molecule has 5 nitrogen and oxygen atoms in total. The standard InChI is InChI=1S/C14H20N4O/c1-2-4-12(5-3-1)19-11-9-16-14-13-6-7-17-18(13)10-8-15-14/h6-8,10,12H,1-5,9,11H2,(H,15,16). The minimum atomic E-state index is 0.467. The van der Waals surface area contributed by atoms with Crippen molar-refractivity contribution in [2.45, 2.75) is 38.2 Å². The van der Waals surface area contributed by atoms with Gasteiger partial charge in [0.05, 0.1) is 18.9 Å². The summed E-state index contributed by atoms with van der Waals surface area (Å²) in [6.07, 6.45) is 12.3. The van der Waals surface area contributed by atoms with Crippen molar-refractivity contribution in [2.75, 3.05) is 18.5 Å². The lowest BCUT2D eigenvalue weighted by Crippen LogP contribution is -2.20. The second kappa shape index (κ2) is 6.02. The van der Waals surface area contributed by atoms with Gasteiger partial charge in [-0.15, -0.1) is 0 Å². The van der Waals surface area contributed by atoms with Gasteiger partial charge >= 0.3 is 0 Å². The lowest BCUT2D eigenvalue weighted by atomic mass is 9.98. The Balaban J connectivity index is 1.48. The molecule has 0 radical (unpaired) electrons. The topological polar surface area (TPSA) is 51.5 Å². The molecule has 1 aliphatic rings. The molecule has 0 saturated heterocycles. The number of hydrogen-bond donors (Lipinski definition) is 1. The van der Waals surface area contributed by atoms with E-state index in [2.05, 4.69) is 15.4 Å². The summed E-state index contributed by atoms with van der Waals surface area (Å²) in [6.45, 7) is 1.52. The average Bonchev–Trinajstić information content (AvgIpc) is 2.94. The maximum Gasteiger partial charge on any atom is 0.152 e. The highest BCUT2D eigenvalue weighted by Gasteiger charge is 2.13. The number of hydrogen-bond acceptors (Lipinski definition) is 4. The van der Waals surface area contributed by atoms with E-state index in [1.807, 2.05) is 16.8 Å². The van der Waals surface area contributed by atoms with Crippen molar-refractivity contribution in [3.05, 3.63) is 24.7 Å². The number of nitrogens with zero attached hydrogens (tertiary/aromatic N) is 3. The predicted molar refractivity (Wildman–Crippen MR) is 74.3 cm³/mol. The number of rotatable bonds is 5. The summed E-state index contributed by atoms with van der Waals surface area (Å²) in [6, 6.07) is 1.96. The first-order valence-corrected chi connectivity index (χ1v) is 7.07. The van der Waals surface area contributed by atoms with E-state index in [9.17, 15) is 0 Å². The van der Waals surface area contributed by atoms with Crippen molar-refractivity contribution in [1.82, 2.24) is 14.6 Å². The summed E-state index contributed by atoms with van der Waals surface area (Å²) in [5.41, 5.74) is 1.00. The lowest BCUT2D eigenvalue weighted by molar-refractivity contribution is 0.0347. The van der Waals surface area contributed by atoms with Crippen LogP contribution < -0.4 is 5.32 Å². The first-order chi connectivity index (χ1) is 9.43. The smallest absolute Gasteiger partial charge is 0.152 e. The van der Waals surface area contributed by atoms with Gasteiger partial charge in [-0.3, -0.25) is 0 Å². The molecule has 0 atom stereocenters. The molecule has 5 heteroatoms. The average molecular weight is 260 g/mol. The van der Waals surface area contributed by atoms with Crippen molar-refractivity contribution >= 4 is 11.3 Å². The van der Waals surface area contributed by atoms with E-state index < -0.39 is 0 Å². The largest absolute Gasteiger partial charge is 0.376 e. The molecule has 1 aliphatic carbocycles. The molecule has 1 fully saturated rings. The van der Waals surface area contributed by atoms with Gasteiger partial charge in [-0.05, 0) is 18.9 Å². The third-order valence-electron chi connectivity index (χ3n) is 3.62. The molecule has 0 aromatic carbocycles. The normalized spacial score (nSPS) is 16.8. The molecule has 102 valence electrons. The molecule has 2 aromatic heterocycles. The zero-order valence-corrected chi connectivity index (χ0v) is 11.1. The first kappa shape index (κ1) is 12.4. The van der Waals surface area contributed by atoms with Gasteiger partial charge in [0.2, 0.25) is 0 Å². The summed E-state index contributed by atoms with van der Waals surface area (Å²) < 4.78 is 7.70. The molecule has 2 aromatic rings. The number of ether oxygens (including phenoxy) is 1. The Kier molecular flexibility index (Phi) is 3.93. The highest BCUT2D eigenvalue weighted by atomic mass is 16.5. The molecule has 0 bridgehead atoms. The van der Waals surface area contributed by atoms with Crippen LogP contribution in [0.5, 0.6) is 0 Å². The van der Waals surface area contributed by atoms with Crippen LogP contribution in [0.15, 0.2) is 24.7 Å². The minimum absolute atomic E-state index is 0.467. The zero-order chi connectivity index (χ0) is 12.9. The molecule has 0 unspecified atom stereocenters. The fourth-order valence-corrected chi connectivity index (χ4v) is 2.62. The van der Waals surface area contributed by atoms with E-state index in [-0.39, 0.29) is 0 Å². The van der Waals surface area contributed by atoms with Crippen LogP contribution in [-0.2, 0) is 4.74 Å². The lowest BCUT2D eigenvalue weighted by Gasteiger charge is -2.22. The van der Waals surface area contributed by atoms with Crippen molar-refractivity contribution in [3.8, 4) is 0 Å². The summed E-state index contributed by atoms with van der Waals surface area (Å²) >= 11 is 0. The monoisotopic (exact) mass is 260 g/mol. The van der Waals surface area contributed by atoms with Crippen LogP contribution in [0.4, 0.5) is 5.82 Å². The third-order valence-corrected chi connectivity index (χ3v) is 3.62. The van der Waals surface area contributed by atoms with Gasteiger partial charge in [-0.1, -0.05) is 19.3 Å². The molecular weight excluding hydrogens is 240 g/mol. The molecule has 0 amide bonds. The summed E-state index contributed by atoms with van der Waals surface area (Å²) in [4.78, 5) is 4.34. The van der Waals surface area contributed by atoms with Crippen LogP contribution >= 0.6 is 0 Å². The Bertz CT molecular complexity index is 519. The predicted octanol–water partition coefficient (Wildman–Crippen LogP) is 2.49. The quantitative estimate of drug-likeness (QED) is 0.839. The van der Waals surface area contributed by atoms with Crippen LogP contribution in [0, 0.1) is 0 Å². The van der Waals surface area contributed by atoms with Crippen molar-refractivity contribution in [3.63, 3.8) is 0 Å². The third kappa shape index (κ3) is 3.04. The Morgan fingerprint density at radius 2 is 2.16 bits per heavy atom. The van der Waals surface area contributed by atoms with Gasteiger partial charge < -0.3 is 10.1 Å². The Hall–Kier alpha value is -1.62. The fraction of sp³-hybridized carbons (Fsp3) is 0.571. The van der Waals surface area contributed by atoms with Gasteiger partial charge in [-0.2, -0.15) is 5.10 Å². The molecule has 1 saturated carbocycles. The van der Waals surface area contributed by atoms with E-state index >= 15 is 0 Å². The van der Waals surface area contributed by atoms with E-state index in [1.165, 1.54) is 32.1 Å². The Labute approximate surface area is 113 Å². The second-order valence-corrected chi connectivity index (χ2v) is 4.99. The second-order valence-electron chi connectivity index (χ2n) is 4.99. The van der Waals surface area contributed by atoms with E-state index in [1.54, 1.807) is 12.4 Å². The highest BCUT2D eigenvalue weighted by molar-refractivity contribution is 5.66. The van der Waals surface area contributed by atoms with Crippen molar-refractivity contribution in [1.29, 1.82) is 0 Å². The zero-order valence-electron chi connectivity index (χ0n) is 11.1. The van der Waals surface area contributed by atoms with Crippen molar-refractivity contribution in [2.24, 2.45) is 0 Å². The highest BCUT2D eigenvalue weighted by Crippen LogP contribution is 2.20. The van der Waals surface area contributed by atoms with Crippen LogP contribution in [0.1, 0.15) is 32.1 Å². The number of fused-ring (bicyclic) bond motifs is 1. The van der Waals surface area contributed by atoms with Gasteiger partial charge in [0.25, 0.3) is 0 Å². The maximum atomic E-state index is 5.89. The number of aromatic nitrogens is 3. The summed E-state index contributed by atoms with van der Waals surface area (Å²) in [5.74, 6) is 0.868. The van der Waals surface area contributed by atoms with Crippen LogP contribution in [-0.4, -0.2) is 33.9 Å². The number of anilines is 1. The molecular formula is C14H20N4O. The molecule has 19 heavy (non-hydrogen) atoms. The molecule has 1 N–H and O–H groups in total. The Morgan fingerprint density at radius 3 is 3.05 bits per heavy atom. The summed E-state index contributed by atoms with van der Waals surface area (Å²) in [7, 11) is 0. The van der Waals surface area contributed by atoms with Crippen LogP contribution in [0.25, 0.3) is 5.52 Å². The molecule has 3 rings (SSSR count). The van der Waals surface area contributed by atoms with Crippen LogP contribution in [0.2, 0.25) is 0 Å². The van der Waals surface area contributed by atoms with E-state index in [0.29, 0.717) is 6.10 Å². The van der Waals surface area contributed by atoms with E-state index in [0.717, 1.165) is 24.5 Å². The maximum absolute atomic E-state index is 5.89. The van der Waals surface area contributed by atoms with Gasteiger partial charge in [0, 0.05) is 18.9 Å². The SMILES string of the molecule is c1cn2nccc2c(NCCOC2CCCCC2)n1. The van der Waals surface area contributed by atoms with Crippen LogP contribution in [0.3, 0.4) is 0 Å². The first-order valence-electron chi connectivity index (χ1n) is 7.07. The van der Waals surface area contributed by atoms with Gasteiger partial charge in [0.15, 0.2) is 5.82 Å². The van der Waals surface area contributed by atoms with E-state index in [4.69, 9.17) is 4.74 Å². The molecule has 0 spiro atoms.